The number of nitrogens with one attached hydrogen (secondary N) is 1. The van der Waals surface area contributed by atoms with E-state index >= 15 is 0 Å². The van der Waals surface area contributed by atoms with Crippen LogP contribution in [0.3, 0.4) is 0 Å². The predicted octanol–water partition coefficient (Wildman–Crippen LogP) is 2.70. The van der Waals surface area contributed by atoms with Crippen LogP contribution in [0, 0.1) is 13.8 Å². The van der Waals surface area contributed by atoms with E-state index < -0.39 is 0 Å². The quantitative estimate of drug-likeness (QED) is 0.941. The Balaban J connectivity index is 2.32. The van der Waals surface area contributed by atoms with E-state index in [4.69, 9.17) is 0 Å². The first-order valence-corrected chi connectivity index (χ1v) is 7.09. The number of hydrogen-bond acceptors (Lipinski definition) is 3. The number of aryl methyl sites for hydroxylation is 3. The summed E-state index contributed by atoms with van der Waals surface area (Å²) in [5.74, 6) is 0. The van der Waals surface area contributed by atoms with Gasteiger partial charge in [-0.2, -0.15) is 5.10 Å². The summed E-state index contributed by atoms with van der Waals surface area (Å²) in [5, 5.41) is 7.83. The van der Waals surface area contributed by atoms with Gasteiger partial charge in [-0.15, -0.1) is 0 Å². The molecule has 2 aromatic heterocycles. The van der Waals surface area contributed by atoms with E-state index in [-0.39, 0.29) is 6.04 Å². The lowest BCUT2D eigenvalue weighted by Crippen LogP contribution is -2.21. The summed E-state index contributed by atoms with van der Waals surface area (Å²) in [4.78, 5) is 4.15. The first-order valence-electron chi connectivity index (χ1n) is 6.30. The van der Waals surface area contributed by atoms with E-state index in [1.807, 2.05) is 38.1 Å². The second kappa shape index (κ2) is 5.84. The average molecular weight is 323 g/mol. The summed E-state index contributed by atoms with van der Waals surface area (Å²) >= 11 is 3.63. The second-order valence-corrected chi connectivity index (χ2v) is 5.54. The first kappa shape index (κ1) is 14.2. The fourth-order valence-electron chi connectivity index (χ4n) is 2.34. The molecule has 0 amide bonds. The zero-order valence-corrected chi connectivity index (χ0v) is 13.3. The van der Waals surface area contributed by atoms with E-state index in [1.54, 1.807) is 0 Å². The van der Waals surface area contributed by atoms with Crippen LogP contribution in [0.25, 0.3) is 0 Å². The van der Waals surface area contributed by atoms with Crippen molar-refractivity contribution in [3.8, 4) is 0 Å². The van der Waals surface area contributed by atoms with Crippen LogP contribution < -0.4 is 5.32 Å². The van der Waals surface area contributed by atoms with Crippen molar-refractivity contribution in [1.29, 1.82) is 0 Å². The van der Waals surface area contributed by atoms with Crippen molar-refractivity contribution in [3.05, 3.63) is 45.4 Å². The van der Waals surface area contributed by atoms with Gasteiger partial charge in [0.2, 0.25) is 0 Å². The third kappa shape index (κ3) is 2.87. The Bertz CT molecular complexity index is 577. The Morgan fingerprint density at radius 1 is 1.42 bits per heavy atom. The molecule has 0 saturated carbocycles. The average Bonchev–Trinajstić information content (AvgIpc) is 2.63. The zero-order chi connectivity index (χ0) is 14.0. The smallest absolute Gasteiger partial charge is 0.0738 e. The SMILES string of the molecule is CNC(Cc1c(Br)c(C)nn1C)c1ccncc1C. The van der Waals surface area contributed by atoms with Crippen molar-refractivity contribution < 1.29 is 0 Å². The van der Waals surface area contributed by atoms with Crippen molar-refractivity contribution in [2.75, 3.05) is 7.05 Å². The maximum atomic E-state index is 4.44. The summed E-state index contributed by atoms with van der Waals surface area (Å²) in [7, 11) is 3.97. The summed E-state index contributed by atoms with van der Waals surface area (Å²) in [6.07, 6.45) is 4.64. The summed E-state index contributed by atoms with van der Waals surface area (Å²) < 4.78 is 3.04. The topological polar surface area (TPSA) is 42.7 Å². The largest absolute Gasteiger partial charge is 0.313 e. The highest BCUT2D eigenvalue weighted by Crippen LogP contribution is 2.26. The Morgan fingerprint density at radius 3 is 2.68 bits per heavy atom. The van der Waals surface area contributed by atoms with Gasteiger partial charge in [0, 0.05) is 31.9 Å². The number of aromatic nitrogens is 3. The van der Waals surface area contributed by atoms with Crippen LogP contribution >= 0.6 is 15.9 Å². The third-order valence-corrected chi connectivity index (χ3v) is 4.48. The maximum Gasteiger partial charge on any atom is 0.0738 e. The zero-order valence-electron chi connectivity index (χ0n) is 11.7. The van der Waals surface area contributed by atoms with Gasteiger partial charge < -0.3 is 5.32 Å². The lowest BCUT2D eigenvalue weighted by Gasteiger charge is -2.19. The minimum atomic E-state index is 0.258. The molecule has 0 spiro atoms. The van der Waals surface area contributed by atoms with Crippen molar-refractivity contribution >= 4 is 15.9 Å². The van der Waals surface area contributed by atoms with Crippen molar-refractivity contribution in [2.24, 2.45) is 7.05 Å². The molecule has 1 N–H and O–H groups in total. The number of likely N-dealkylation sites (N-methyl/N-ethyl adjacent to an activating group) is 1. The van der Waals surface area contributed by atoms with Crippen LogP contribution in [0.1, 0.15) is 28.6 Å². The van der Waals surface area contributed by atoms with Gasteiger partial charge in [0.1, 0.15) is 0 Å². The lowest BCUT2D eigenvalue weighted by molar-refractivity contribution is 0.557. The number of hydrogen-bond donors (Lipinski definition) is 1. The van der Waals surface area contributed by atoms with Gasteiger partial charge in [-0.25, -0.2) is 0 Å². The number of halogens is 1. The highest BCUT2D eigenvalue weighted by molar-refractivity contribution is 9.10. The molecule has 2 aromatic rings. The minimum absolute atomic E-state index is 0.258. The molecule has 0 aliphatic heterocycles. The van der Waals surface area contributed by atoms with Crippen LogP contribution in [0.5, 0.6) is 0 Å². The minimum Gasteiger partial charge on any atom is -0.313 e. The molecule has 0 fully saturated rings. The molecule has 19 heavy (non-hydrogen) atoms. The molecule has 2 heterocycles. The highest BCUT2D eigenvalue weighted by Gasteiger charge is 2.18. The third-order valence-electron chi connectivity index (χ3n) is 3.45. The number of nitrogens with zero attached hydrogens (tertiary/aromatic N) is 3. The van der Waals surface area contributed by atoms with Crippen LogP contribution in [-0.2, 0) is 13.5 Å². The molecule has 0 radical (unpaired) electrons. The molecule has 0 bridgehead atoms. The monoisotopic (exact) mass is 322 g/mol. The normalized spacial score (nSPS) is 12.7. The number of pyridine rings is 1. The van der Waals surface area contributed by atoms with E-state index in [2.05, 4.69) is 44.3 Å². The predicted molar refractivity (Wildman–Crippen MR) is 80.1 cm³/mol. The lowest BCUT2D eigenvalue weighted by atomic mass is 9.99. The summed E-state index contributed by atoms with van der Waals surface area (Å²) in [6, 6.07) is 2.34. The molecule has 2 rings (SSSR count). The summed E-state index contributed by atoms with van der Waals surface area (Å²) in [5.41, 5.74) is 4.71. The molecular weight excluding hydrogens is 304 g/mol. The first-order chi connectivity index (χ1) is 9.04. The molecule has 4 nitrogen and oxygen atoms in total. The van der Waals surface area contributed by atoms with Crippen LogP contribution in [0.4, 0.5) is 0 Å². The molecular formula is C14H19BrN4. The molecule has 0 aliphatic carbocycles. The molecule has 1 unspecified atom stereocenters. The maximum absolute atomic E-state index is 4.44. The van der Waals surface area contributed by atoms with Crippen LogP contribution in [0.15, 0.2) is 22.9 Å². The summed E-state index contributed by atoms with van der Waals surface area (Å²) in [6.45, 7) is 4.11. The molecule has 102 valence electrons. The van der Waals surface area contributed by atoms with Gasteiger partial charge in [0.05, 0.1) is 15.9 Å². The Hall–Kier alpha value is -1.20. The Kier molecular flexibility index (Phi) is 4.37. The van der Waals surface area contributed by atoms with Gasteiger partial charge in [-0.1, -0.05) is 0 Å². The van der Waals surface area contributed by atoms with E-state index in [1.165, 1.54) is 16.8 Å². The van der Waals surface area contributed by atoms with Crippen molar-refractivity contribution in [2.45, 2.75) is 26.3 Å². The van der Waals surface area contributed by atoms with Gasteiger partial charge in [-0.05, 0) is 54.0 Å². The van der Waals surface area contributed by atoms with Crippen LogP contribution in [0.2, 0.25) is 0 Å². The molecule has 5 heteroatoms. The Labute approximate surface area is 122 Å². The standard InChI is InChI=1S/C14H19BrN4/c1-9-8-17-6-5-11(9)12(16-3)7-13-14(15)10(2)18-19(13)4/h5-6,8,12,16H,7H2,1-4H3. The van der Waals surface area contributed by atoms with Gasteiger partial charge in [-0.3, -0.25) is 9.67 Å². The van der Waals surface area contributed by atoms with Crippen molar-refractivity contribution in [3.63, 3.8) is 0 Å². The van der Waals surface area contributed by atoms with Gasteiger partial charge in [0.15, 0.2) is 0 Å². The van der Waals surface area contributed by atoms with E-state index in [0.29, 0.717) is 0 Å². The molecule has 0 aliphatic rings. The van der Waals surface area contributed by atoms with E-state index in [0.717, 1.165) is 16.6 Å². The number of rotatable bonds is 4. The fourth-order valence-corrected chi connectivity index (χ4v) is 2.84. The van der Waals surface area contributed by atoms with Crippen LogP contribution in [-0.4, -0.2) is 21.8 Å². The van der Waals surface area contributed by atoms with E-state index in [9.17, 15) is 0 Å². The van der Waals surface area contributed by atoms with Gasteiger partial charge in [0.25, 0.3) is 0 Å². The Morgan fingerprint density at radius 2 is 2.16 bits per heavy atom. The second-order valence-electron chi connectivity index (χ2n) is 4.75. The molecule has 1 atom stereocenters. The fraction of sp³-hybridized carbons (Fsp3) is 0.429. The van der Waals surface area contributed by atoms with Crippen molar-refractivity contribution in [1.82, 2.24) is 20.1 Å². The molecule has 0 aromatic carbocycles. The molecule has 0 saturated heterocycles. The van der Waals surface area contributed by atoms with Gasteiger partial charge >= 0.3 is 0 Å². The highest BCUT2D eigenvalue weighted by atomic mass is 79.9.